The number of hydrogen-bond donors (Lipinski definition) is 0. The quantitative estimate of drug-likeness (QED) is 0.735. The van der Waals surface area contributed by atoms with Crippen molar-refractivity contribution in [2.45, 2.75) is 33.2 Å². The molecule has 1 amide bonds. The summed E-state index contributed by atoms with van der Waals surface area (Å²) in [6, 6.07) is 3.24. The van der Waals surface area contributed by atoms with Gasteiger partial charge in [-0.05, 0) is 44.9 Å². The average Bonchev–Trinajstić information content (AvgIpc) is 2.98. The molecule has 1 aliphatic rings. The number of ether oxygens (including phenoxy) is 1. The summed E-state index contributed by atoms with van der Waals surface area (Å²) in [5.74, 6) is 0.263. The largest absolute Gasteiger partial charge is 0.483 e. The predicted octanol–water partition coefficient (Wildman–Crippen LogP) is 1.74. The monoisotopic (exact) mass is 393 g/mol. The highest BCUT2D eigenvalue weighted by molar-refractivity contribution is 7.91. The molecule has 2 aromatic rings. The fourth-order valence-electron chi connectivity index (χ4n) is 3.31. The molecule has 146 valence electrons. The van der Waals surface area contributed by atoms with Crippen LogP contribution in [0.5, 0.6) is 5.75 Å². The summed E-state index contributed by atoms with van der Waals surface area (Å²) in [5, 5.41) is 0.830. The smallest absolute Gasteiger partial charge is 0.339 e. The number of fused-ring (bicyclic) bond motifs is 1. The second-order valence-electron chi connectivity index (χ2n) is 7.06. The molecule has 1 atom stereocenters. The zero-order valence-electron chi connectivity index (χ0n) is 15.9. The van der Waals surface area contributed by atoms with Crippen LogP contribution in [0.1, 0.15) is 23.1 Å². The van der Waals surface area contributed by atoms with Gasteiger partial charge in [0.15, 0.2) is 16.4 Å². The molecule has 0 spiro atoms. The molecule has 7 nitrogen and oxygen atoms in total. The van der Waals surface area contributed by atoms with Crippen molar-refractivity contribution < 1.29 is 22.4 Å². The molecule has 1 aromatic heterocycles. The Bertz CT molecular complexity index is 1070. The Kier molecular flexibility index (Phi) is 5.03. The van der Waals surface area contributed by atoms with Crippen LogP contribution in [0, 0.1) is 20.8 Å². The van der Waals surface area contributed by atoms with Crippen LogP contribution in [0.3, 0.4) is 0 Å². The number of carbonyl (C=O) groups is 1. The van der Waals surface area contributed by atoms with Gasteiger partial charge in [0, 0.05) is 29.6 Å². The van der Waals surface area contributed by atoms with E-state index >= 15 is 0 Å². The van der Waals surface area contributed by atoms with Crippen molar-refractivity contribution in [3.05, 3.63) is 39.2 Å². The van der Waals surface area contributed by atoms with Gasteiger partial charge >= 0.3 is 5.63 Å². The van der Waals surface area contributed by atoms with Crippen molar-refractivity contribution in [2.24, 2.45) is 0 Å². The summed E-state index contributed by atoms with van der Waals surface area (Å²) in [4.78, 5) is 25.8. The minimum absolute atomic E-state index is 0.00593. The second-order valence-corrected chi connectivity index (χ2v) is 9.28. The molecule has 0 N–H and O–H groups in total. The van der Waals surface area contributed by atoms with E-state index in [-0.39, 0.29) is 30.1 Å². The van der Waals surface area contributed by atoms with Crippen LogP contribution in [-0.4, -0.2) is 50.4 Å². The SMILES string of the molecule is Cc1c(C)c2ccc(OCC(=O)N(C)[C@@H]3CCS(=O)(=O)C3)c(C)c2oc1=O. The molecule has 0 aliphatic carbocycles. The lowest BCUT2D eigenvalue weighted by Gasteiger charge is -2.23. The zero-order chi connectivity index (χ0) is 19.9. The third-order valence-corrected chi connectivity index (χ3v) is 7.07. The number of sulfone groups is 1. The van der Waals surface area contributed by atoms with E-state index in [9.17, 15) is 18.0 Å². The molecule has 1 fully saturated rings. The maximum Gasteiger partial charge on any atom is 0.339 e. The van der Waals surface area contributed by atoms with Gasteiger partial charge in [-0.1, -0.05) is 0 Å². The van der Waals surface area contributed by atoms with Crippen LogP contribution in [0.25, 0.3) is 11.0 Å². The van der Waals surface area contributed by atoms with Gasteiger partial charge in [-0.3, -0.25) is 4.79 Å². The third kappa shape index (κ3) is 3.71. The minimum Gasteiger partial charge on any atom is -0.483 e. The Morgan fingerprint density at radius 1 is 1.22 bits per heavy atom. The number of hydrogen-bond acceptors (Lipinski definition) is 6. The molecule has 8 heteroatoms. The van der Waals surface area contributed by atoms with Gasteiger partial charge in [-0.25, -0.2) is 13.2 Å². The van der Waals surface area contributed by atoms with Gasteiger partial charge < -0.3 is 14.1 Å². The number of nitrogens with zero attached hydrogens (tertiary/aromatic N) is 1. The zero-order valence-corrected chi connectivity index (χ0v) is 16.7. The molecular formula is C19H23NO6S. The lowest BCUT2D eigenvalue weighted by molar-refractivity contribution is -0.133. The number of carbonyl (C=O) groups excluding carboxylic acids is 1. The van der Waals surface area contributed by atoms with Crippen molar-refractivity contribution in [2.75, 3.05) is 25.2 Å². The van der Waals surface area contributed by atoms with Gasteiger partial charge in [0.05, 0.1) is 11.5 Å². The highest BCUT2D eigenvalue weighted by Gasteiger charge is 2.32. The summed E-state index contributed by atoms with van der Waals surface area (Å²) >= 11 is 0. The highest BCUT2D eigenvalue weighted by atomic mass is 32.2. The van der Waals surface area contributed by atoms with E-state index in [1.165, 1.54) is 4.90 Å². The number of benzene rings is 1. The summed E-state index contributed by atoms with van der Waals surface area (Å²) < 4.78 is 34.2. The minimum atomic E-state index is -3.06. The van der Waals surface area contributed by atoms with E-state index in [1.807, 2.05) is 6.92 Å². The molecule has 0 saturated carbocycles. The normalized spacial score (nSPS) is 18.6. The molecule has 27 heavy (non-hydrogen) atoms. The Morgan fingerprint density at radius 2 is 1.93 bits per heavy atom. The van der Waals surface area contributed by atoms with E-state index in [0.29, 0.717) is 28.9 Å². The van der Waals surface area contributed by atoms with Crippen LogP contribution >= 0.6 is 0 Å². The Balaban J connectivity index is 1.77. The molecule has 0 radical (unpaired) electrons. The maximum absolute atomic E-state index is 12.4. The van der Waals surface area contributed by atoms with Crippen molar-refractivity contribution in [1.82, 2.24) is 4.90 Å². The van der Waals surface area contributed by atoms with Crippen LogP contribution in [-0.2, 0) is 14.6 Å². The first-order valence-electron chi connectivity index (χ1n) is 8.73. The summed E-state index contributed by atoms with van der Waals surface area (Å²) in [6.07, 6.45) is 0.448. The van der Waals surface area contributed by atoms with Crippen molar-refractivity contribution >= 4 is 26.7 Å². The van der Waals surface area contributed by atoms with E-state index < -0.39 is 15.5 Å². The maximum atomic E-state index is 12.4. The first-order chi connectivity index (χ1) is 12.6. The van der Waals surface area contributed by atoms with Gasteiger partial charge in [0.1, 0.15) is 11.3 Å². The van der Waals surface area contributed by atoms with Crippen LogP contribution in [0.15, 0.2) is 21.3 Å². The van der Waals surface area contributed by atoms with E-state index in [4.69, 9.17) is 9.15 Å². The van der Waals surface area contributed by atoms with Crippen LogP contribution < -0.4 is 10.4 Å². The fraction of sp³-hybridized carbons (Fsp3) is 0.474. The lowest BCUT2D eigenvalue weighted by atomic mass is 10.0. The van der Waals surface area contributed by atoms with Crippen LogP contribution in [0.2, 0.25) is 0 Å². The van der Waals surface area contributed by atoms with E-state index in [1.54, 1.807) is 33.0 Å². The molecule has 1 aromatic carbocycles. The van der Waals surface area contributed by atoms with Crippen LogP contribution in [0.4, 0.5) is 0 Å². The molecule has 0 bridgehead atoms. The number of amides is 1. The number of rotatable bonds is 4. The third-order valence-electron chi connectivity index (χ3n) is 5.32. The highest BCUT2D eigenvalue weighted by Crippen LogP contribution is 2.29. The summed E-state index contributed by atoms with van der Waals surface area (Å²) in [7, 11) is -1.47. The van der Waals surface area contributed by atoms with E-state index in [2.05, 4.69) is 0 Å². The van der Waals surface area contributed by atoms with Crippen molar-refractivity contribution in [1.29, 1.82) is 0 Å². The standard InChI is InChI=1S/C19H23NO6S/c1-11-12(2)19(22)26-18-13(3)16(6-5-15(11)18)25-9-17(21)20(4)14-7-8-27(23,24)10-14/h5-6,14H,7-10H2,1-4H3/t14-/m1/s1. The Morgan fingerprint density at radius 3 is 2.56 bits per heavy atom. The Hall–Kier alpha value is -2.35. The van der Waals surface area contributed by atoms with Crippen molar-refractivity contribution in [3.8, 4) is 5.75 Å². The van der Waals surface area contributed by atoms with Gasteiger partial charge in [0.2, 0.25) is 0 Å². The van der Waals surface area contributed by atoms with Crippen molar-refractivity contribution in [3.63, 3.8) is 0 Å². The first kappa shape index (κ1) is 19.4. The summed E-state index contributed by atoms with van der Waals surface area (Å²) in [6.45, 7) is 5.14. The average molecular weight is 393 g/mol. The molecule has 3 rings (SSSR count). The molecule has 2 heterocycles. The van der Waals surface area contributed by atoms with Gasteiger partial charge in [-0.15, -0.1) is 0 Å². The Labute approximate surface area is 157 Å². The summed E-state index contributed by atoms with van der Waals surface area (Å²) in [5.41, 5.74) is 2.13. The van der Waals surface area contributed by atoms with Gasteiger partial charge in [0.25, 0.3) is 5.91 Å². The topological polar surface area (TPSA) is 93.9 Å². The fourth-order valence-corrected chi connectivity index (χ4v) is 5.08. The molecule has 1 aliphatic heterocycles. The van der Waals surface area contributed by atoms with Gasteiger partial charge in [-0.2, -0.15) is 0 Å². The lowest BCUT2D eigenvalue weighted by Crippen LogP contribution is -2.40. The predicted molar refractivity (Wildman–Crippen MR) is 102 cm³/mol. The number of likely N-dealkylation sites (N-methyl/N-ethyl adjacent to an activating group) is 1. The molecule has 0 unspecified atom stereocenters. The molecular weight excluding hydrogens is 370 g/mol. The second kappa shape index (κ2) is 6.99. The first-order valence-corrected chi connectivity index (χ1v) is 10.6. The number of aryl methyl sites for hydroxylation is 2. The van der Waals surface area contributed by atoms with E-state index in [0.717, 1.165) is 10.9 Å². The molecule has 1 saturated heterocycles.